The fourth-order valence-electron chi connectivity index (χ4n) is 2.07. The summed E-state index contributed by atoms with van der Waals surface area (Å²) >= 11 is 0. The Morgan fingerprint density at radius 1 is 1.40 bits per heavy atom. The lowest BCUT2D eigenvalue weighted by molar-refractivity contribution is -0.138. The maximum absolute atomic E-state index is 11.9. The van der Waals surface area contributed by atoms with Crippen molar-refractivity contribution in [3.63, 3.8) is 0 Å². The molecule has 1 aliphatic rings. The number of amides is 1. The van der Waals surface area contributed by atoms with Crippen molar-refractivity contribution >= 4 is 5.91 Å². The number of rotatable bonds is 4. The molecule has 0 aliphatic carbocycles. The number of hydrogen-bond acceptors (Lipinski definition) is 5. The normalized spacial score (nSPS) is 14.9. The van der Waals surface area contributed by atoms with Crippen molar-refractivity contribution in [3.05, 3.63) is 42.0 Å². The number of nitrogens with zero attached hydrogens (tertiary/aromatic N) is 3. The molecule has 0 saturated carbocycles. The van der Waals surface area contributed by atoms with Gasteiger partial charge in [0.15, 0.2) is 12.4 Å². The summed E-state index contributed by atoms with van der Waals surface area (Å²) < 4.78 is 10.5. The quantitative estimate of drug-likeness (QED) is 0.842. The zero-order valence-electron chi connectivity index (χ0n) is 11.2. The number of likely N-dealkylation sites (tertiary alicyclic amines) is 1. The monoisotopic (exact) mass is 273 g/mol. The summed E-state index contributed by atoms with van der Waals surface area (Å²) in [7, 11) is 0. The fraction of sp³-hybridized carbons (Fsp3) is 0.357. The van der Waals surface area contributed by atoms with Crippen LogP contribution >= 0.6 is 0 Å². The molecule has 1 amide bonds. The van der Waals surface area contributed by atoms with Gasteiger partial charge in [-0.15, -0.1) is 0 Å². The van der Waals surface area contributed by atoms with Gasteiger partial charge in [0.1, 0.15) is 5.75 Å². The number of aryl methyl sites for hydroxylation is 1. The van der Waals surface area contributed by atoms with E-state index in [1.54, 1.807) is 11.8 Å². The molecule has 1 aromatic carbocycles. The average Bonchev–Trinajstić information content (AvgIpc) is 2.82. The lowest BCUT2D eigenvalue weighted by atomic mass is 10.0. The number of para-hydroxylation sites is 1. The first-order valence-electron chi connectivity index (χ1n) is 6.48. The standard InChI is InChI=1S/C14H15N3O3/c1-10-15-14(20-16-10)11-7-17(8-11)13(18)9-19-12-5-3-2-4-6-12/h2-6,11H,7-9H2,1H3. The van der Waals surface area contributed by atoms with E-state index in [0.29, 0.717) is 30.6 Å². The van der Waals surface area contributed by atoms with Crippen LogP contribution in [-0.4, -0.2) is 40.6 Å². The Kier molecular flexibility index (Phi) is 3.37. The molecule has 104 valence electrons. The van der Waals surface area contributed by atoms with Gasteiger partial charge in [-0.25, -0.2) is 0 Å². The number of aromatic nitrogens is 2. The number of hydrogen-bond donors (Lipinski definition) is 0. The predicted molar refractivity (Wildman–Crippen MR) is 70.3 cm³/mol. The number of ether oxygens (including phenoxy) is 1. The van der Waals surface area contributed by atoms with Gasteiger partial charge in [-0.2, -0.15) is 4.98 Å². The summed E-state index contributed by atoms with van der Waals surface area (Å²) in [5.41, 5.74) is 0. The lowest BCUT2D eigenvalue weighted by Gasteiger charge is -2.36. The maximum Gasteiger partial charge on any atom is 0.260 e. The molecule has 20 heavy (non-hydrogen) atoms. The summed E-state index contributed by atoms with van der Waals surface area (Å²) in [6.45, 7) is 3.05. The molecule has 1 aliphatic heterocycles. The first-order chi connectivity index (χ1) is 9.72. The van der Waals surface area contributed by atoms with Gasteiger partial charge in [0.2, 0.25) is 5.89 Å². The van der Waals surface area contributed by atoms with E-state index in [-0.39, 0.29) is 18.4 Å². The van der Waals surface area contributed by atoms with Crippen molar-refractivity contribution in [3.8, 4) is 5.75 Å². The molecule has 2 aromatic rings. The Balaban J connectivity index is 1.46. The van der Waals surface area contributed by atoms with E-state index in [9.17, 15) is 4.79 Å². The second-order valence-electron chi connectivity index (χ2n) is 4.78. The lowest BCUT2D eigenvalue weighted by Crippen LogP contribution is -2.50. The van der Waals surface area contributed by atoms with Gasteiger partial charge in [0.05, 0.1) is 5.92 Å². The van der Waals surface area contributed by atoms with E-state index in [1.165, 1.54) is 0 Å². The van der Waals surface area contributed by atoms with Crippen LogP contribution in [0.25, 0.3) is 0 Å². The smallest absolute Gasteiger partial charge is 0.260 e. The third-order valence-corrected chi connectivity index (χ3v) is 3.23. The van der Waals surface area contributed by atoms with Crippen LogP contribution in [0.3, 0.4) is 0 Å². The van der Waals surface area contributed by atoms with E-state index in [0.717, 1.165) is 0 Å². The van der Waals surface area contributed by atoms with Crippen molar-refractivity contribution in [2.24, 2.45) is 0 Å². The second-order valence-corrected chi connectivity index (χ2v) is 4.78. The minimum absolute atomic E-state index is 0.0265. The van der Waals surface area contributed by atoms with Crippen LogP contribution in [0, 0.1) is 6.92 Å². The molecule has 1 saturated heterocycles. The van der Waals surface area contributed by atoms with Crippen LogP contribution in [0.15, 0.2) is 34.9 Å². The zero-order valence-corrected chi connectivity index (χ0v) is 11.2. The average molecular weight is 273 g/mol. The van der Waals surface area contributed by atoms with Gasteiger partial charge < -0.3 is 14.2 Å². The van der Waals surface area contributed by atoms with Crippen molar-refractivity contribution in [2.75, 3.05) is 19.7 Å². The minimum atomic E-state index is -0.0265. The highest BCUT2D eigenvalue weighted by Crippen LogP contribution is 2.25. The van der Waals surface area contributed by atoms with Crippen LogP contribution in [0.5, 0.6) is 5.75 Å². The number of benzene rings is 1. The molecule has 0 radical (unpaired) electrons. The highest BCUT2D eigenvalue weighted by atomic mass is 16.5. The Morgan fingerprint density at radius 3 is 2.80 bits per heavy atom. The third-order valence-electron chi connectivity index (χ3n) is 3.23. The van der Waals surface area contributed by atoms with Crippen molar-refractivity contribution in [1.82, 2.24) is 15.0 Å². The Bertz CT molecular complexity index is 591. The zero-order chi connectivity index (χ0) is 13.9. The number of carbonyl (C=O) groups is 1. The first-order valence-corrected chi connectivity index (χ1v) is 6.48. The summed E-state index contributed by atoms with van der Waals surface area (Å²) in [5.74, 6) is 2.05. The van der Waals surface area contributed by atoms with Gasteiger partial charge in [0.25, 0.3) is 5.91 Å². The molecule has 1 aromatic heterocycles. The Labute approximate surface area is 116 Å². The third kappa shape index (κ3) is 2.64. The van der Waals surface area contributed by atoms with Crippen LogP contribution in [0.2, 0.25) is 0 Å². The maximum atomic E-state index is 11.9. The Morgan fingerprint density at radius 2 is 2.15 bits per heavy atom. The van der Waals surface area contributed by atoms with Crippen molar-refractivity contribution < 1.29 is 14.1 Å². The summed E-state index contributed by atoms with van der Waals surface area (Å²) in [6.07, 6.45) is 0. The molecule has 0 bridgehead atoms. The molecule has 0 spiro atoms. The second kappa shape index (κ2) is 5.32. The minimum Gasteiger partial charge on any atom is -0.484 e. The predicted octanol–water partition coefficient (Wildman–Crippen LogP) is 1.38. The van der Waals surface area contributed by atoms with Gasteiger partial charge in [-0.1, -0.05) is 23.4 Å². The first kappa shape index (κ1) is 12.7. The molecule has 0 N–H and O–H groups in total. The summed E-state index contributed by atoms with van der Waals surface area (Å²) in [6, 6.07) is 9.30. The fourth-order valence-corrected chi connectivity index (χ4v) is 2.07. The SMILES string of the molecule is Cc1noc(C2CN(C(=O)COc3ccccc3)C2)n1. The molecule has 3 rings (SSSR count). The molecular weight excluding hydrogens is 258 g/mol. The molecular formula is C14H15N3O3. The largest absolute Gasteiger partial charge is 0.484 e. The Hall–Kier alpha value is -2.37. The molecule has 0 unspecified atom stereocenters. The van der Waals surface area contributed by atoms with E-state index < -0.39 is 0 Å². The molecule has 2 heterocycles. The topological polar surface area (TPSA) is 68.5 Å². The summed E-state index contributed by atoms with van der Waals surface area (Å²) in [4.78, 5) is 17.8. The van der Waals surface area contributed by atoms with E-state index >= 15 is 0 Å². The van der Waals surface area contributed by atoms with Gasteiger partial charge in [-0.3, -0.25) is 4.79 Å². The van der Waals surface area contributed by atoms with E-state index in [2.05, 4.69) is 10.1 Å². The van der Waals surface area contributed by atoms with Gasteiger partial charge >= 0.3 is 0 Å². The molecule has 6 heteroatoms. The van der Waals surface area contributed by atoms with Crippen LogP contribution in [0.4, 0.5) is 0 Å². The van der Waals surface area contributed by atoms with Crippen molar-refractivity contribution in [2.45, 2.75) is 12.8 Å². The van der Waals surface area contributed by atoms with Crippen LogP contribution in [-0.2, 0) is 4.79 Å². The summed E-state index contributed by atoms with van der Waals surface area (Å²) in [5, 5.41) is 3.75. The van der Waals surface area contributed by atoms with Crippen LogP contribution < -0.4 is 4.74 Å². The van der Waals surface area contributed by atoms with E-state index in [1.807, 2.05) is 30.3 Å². The van der Waals surface area contributed by atoms with Gasteiger partial charge in [-0.05, 0) is 19.1 Å². The molecule has 6 nitrogen and oxygen atoms in total. The van der Waals surface area contributed by atoms with Gasteiger partial charge in [0, 0.05) is 13.1 Å². The highest BCUT2D eigenvalue weighted by Gasteiger charge is 2.35. The highest BCUT2D eigenvalue weighted by molar-refractivity contribution is 5.78. The van der Waals surface area contributed by atoms with Crippen molar-refractivity contribution in [1.29, 1.82) is 0 Å². The number of carbonyl (C=O) groups excluding carboxylic acids is 1. The molecule has 1 fully saturated rings. The molecule has 0 atom stereocenters. The van der Waals surface area contributed by atoms with E-state index in [4.69, 9.17) is 9.26 Å². The van der Waals surface area contributed by atoms with Crippen LogP contribution in [0.1, 0.15) is 17.6 Å².